The summed E-state index contributed by atoms with van der Waals surface area (Å²) in [6.45, 7) is 2.34. The number of carbonyl (C=O) groups is 1. The van der Waals surface area contributed by atoms with Crippen LogP contribution in [0.25, 0.3) is 6.08 Å². The average Bonchev–Trinajstić information content (AvgIpc) is 2.68. The zero-order valence-corrected chi connectivity index (χ0v) is 15.1. The molecule has 0 heterocycles. The van der Waals surface area contributed by atoms with E-state index in [-0.39, 0.29) is 11.7 Å². The number of anilines is 1. The molecule has 0 bridgehead atoms. The van der Waals surface area contributed by atoms with E-state index >= 15 is 0 Å². The topological polar surface area (TPSA) is 58.6 Å². The van der Waals surface area contributed by atoms with Crippen molar-refractivity contribution < 1.29 is 14.6 Å². The second kappa shape index (κ2) is 8.72. The van der Waals surface area contributed by atoms with Gasteiger partial charge in [-0.1, -0.05) is 42.5 Å². The molecular formula is C23H21NO3. The van der Waals surface area contributed by atoms with Crippen LogP contribution in [0.4, 0.5) is 5.69 Å². The maximum Gasteiger partial charge on any atom is 0.248 e. The molecule has 0 saturated heterocycles. The average molecular weight is 359 g/mol. The molecule has 0 aliphatic carbocycles. The maximum atomic E-state index is 12.1. The maximum absolute atomic E-state index is 12.1. The van der Waals surface area contributed by atoms with Gasteiger partial charge in [-0.15, -0.1) is 0 Å². The molecule has 0 aliphatic rings. The van der Waals surface area contributed by atoms with Gasteiger partial charge in [0.25, 0.3) is 0 Å². The normalized spacial score (nSPS) is 10.7. The highest BCUT2D eigenvalue weighted by atomic mass is 16.5. The number of hydrogen-bond donors (Lipinski definition) is 2. The lowest BCUT2D eigenvalue weighted by molar-refractivity contribution is -0.111. The van der Waals surface area contributed by atoms with E-state index in [1.165, 1.54) is 6.08 Å². The molecule has 0 saturated carbocycles. The molecule has 0 atom stereocenters. The third-order valence-corrected chi connectivity index (χ3v) is 4.02. The second-order valence-corrected chi connectivity index (χ2v) is 6.17. The van der Waals surface area contributed by atoms with E-state index < -0.39 is 0 Å². The molecule has 27 heavy (non-hydrogen) atoms. The Morgan fingerprint density at radius 3 is 2.48 bits per heavy atom. The zero-order chi connectivity index (χ0) is 19.1. The number of aryl methyl sites for hydroxylation is 1. The molecule has 3 rings (SSSR count). The minimum atomic E-state index is -0.229. The van der Waals surface area contributed by atoms with Gasteiger partial charge in [0.1, 0.15) is 18.1 Å². The second-order valence-electron chi connectivity index (χ2n) is 6.17. The first-order valence-corrected chi connectivity index (χ1v) is 8.65. The summed E-state index contributed by atoms with van der Waals surface area (Å²) in [4.78, 5) is 12.1. The van der Waals surface area contributed by atoms with E-state index in [4.69, 9.17) is 4.74 Å². The van der Waals surface area contributed by atoms with E-state index in [9.17, 15) is 9.90 Å². The molecule has 3 aromatic rings. The zero-order valence-electron chi connectivity index (χ0n) is 15.1. The van der Waals surface area contributed by atoms with Gasteiger partial charge >= 0.3 is 0 Å². The van der Waals surface area contributed by atoms with Gasteiger partial charge in [-0.3, -0.25) is 4.79 Å². The molecular weight excluding hydrogens is 338 g/mol. The highest BCUT2D eigenvalue weighted by Crippen LogP contribution is 2.20. The van der Waals surface area contributed by atoms with Gasteiger partial charge in [0.2, 0.25) is 5.91 Å². The molecule has 2 N–H and O–H groups in total. The summed E-state index contributed by atoms with van der Waals surface area (Å²) in [5.41, 5.74) is 3.49. The van der Waals surface area contributed by atoms with Crippen molar-refractivity contribution in [3.8, 4) is 11.5 Å². The molecule has 0 fully saturated rings. The van der Waals surface area contributed by atoms with Crippen LogP contribution < -0.4 is 10.1 Å². The predicted molar refractivity (Wildman–Crippen MR) is 108 cm³/mol. The van der Waals surface area contributed by atoms with Crippen molar-refractivity contribution in [3.63, 3.8) is 0 Å². The van der Waals surface area contributed by atoms with Crippen LogP contribution in [0, 0.1) is 6.92 Å². The Balaban J connectivity index is 1.54. The summed E-state index contributed by atoms with van der Waals surface area (Å²) in [5.74, 6) is 0.726. The smallest absolute Gasteiger partial charge is 0.248 e. The number of aromatic hydroxyl groups is 1. The number of carbonyl (C=O) groups excluding carboxylic acids is 1. The van der Waals surface area contributed by atoms with Crippen molar-refractivity contribution in [3.05, 3.63) is 95.6 Å². The van der Waals surface area contributed by atoms with E-state index in [1.807, 2.05) is 61.5 Å². The molecule has 0 aromatic heterocycles. The molecule has 4 heteroatoms. The van der Waals surface area contributed by atoms with Crippen LogP contribution in [0.5, 0.6) is 11.5 Å². The summed E-state index contributed by atoms with van der Waals surface area (Å²) in [7, 11) is 0. The lowest BCUT2D eigenvalue weighted by atomic mass is 10.2. The molecule has 3 aromatic carbocycles. The van der Waals surface area contributed by atoms with Crippen molar-refractivity contribution in [2.45, 2.75) is 13.5 Å². The Morgan fingerprint density at radius 1 is 1.04 bits per heavy atom. The standard InChI is InChI=1S/C23H21NO3/c1-17-15-20(25)10-13-22(17)24-23(26)14-9-18-7-11-21(12-8-18)27-16-19-5-3-2-4-6-19/h2-15,25H,16H2,1H3,(H,24,26)/b14-9+. The van der Waals surface area contributed by atoms with E-state index in [2.05, 4.69) is 5.32 Å². The van der Waals surface area contributed by atoms with Crippen molar-refractivity contribution in [1.82, 2.24) is 0 Å². The molecule has 1 amide bonds. The first-order valence-electron chi connectivity index (χ1n) is 8.65. The summed E-state index contributed by atoms with van der Waals surface area (Å²) >= 11 is 0. The Morgan fingerprint density at radius 2 is 1.78 bits per heavy atom. The fraction of sp³-hybridized carbons (Fsp3) is 0.0870. The summed E-state index contributed by atoms with van der Waals surface area (Å²) in [6, 6.07) is 22.4. The molecule has 4 nitrogen and oxygen atoms in total. The molecule has 0 radical (unpaired) electrons. The third-order valence-electron chi connectivity index (χ3n) is 4.02. The van der Waals surface area contributed by atoms with Gasteiger partial charge in [0.15, 0.2) is 0 Å². The van der Waals surface area contributed by atoms with E-state index in [1.54, 1.807) is 24.3 Å². The number of ether oxygens (including phenoxy) is 1. The van der Waals surface area contributed by atoms with Crippen molar-refractivity contribution in [1.29, 1.82) is 0 Å². The predicted octanol–water partition coefficient (Wildman–Crippen LogP) is 4.93. The van der Waals surface area contributed by atoms with Crippen LogP contribution in [0.15, 0.2) is 78.9 Å². The van der Waals surface area contributed by atoms with Gasteiger partial charge in [0.05, 0.1) is 0 Å². The van der Waals surface area contributed by atoms with Crippen LogP contribution in [0.2, 0.25) is 0 Å². The monoisotopic (exact) mass is 359 g/mol. The van der Waals surface area contributed by atoms with Crippen LogP contribution in [0.1, 0.15) is 16.7 Å². The largest absolute Gasteiger partial charge is 0.508 e. The lowest BCUT2D eigenvalue weighted by Crippen LogP contribution is -2.08. The SMILES string of the molecule is Cc1cc(O)ccc1NC(=O)/C=C/c1ccc(OCc2ccccc2)cc1. The number of benzene rings is 3. The first kappa shape index (κ1) is 18.3. The van der Waals surface area contributed by atoms with Crippen LogP contribution in [-0.2, 0) is 11.4 Å². The Kier molecular flexibility index (Phi) is 5.90. The van der Waals surface area contributed by atoms with Crippen molar-refractivity contribution in [2.75, 3.05) is 5.32 Å². The number of phenolic OH excluding ortho intramolecular Hbond substituents is 1. The highest BCUT2D eigenvalue weighted by molar-refractivity contribution is 6.02. The van der Waals surface area contributed by atoms with Gasteiger partial charge < -0.3 is 15.2 Å². The van der Waals surface area contributed by atoms with Crippen LogP contribution in [-0.4, -0.2) is 11.0 Å². The summed E-state index contributed by atoms with van der Waals surface area (Å²) in [5, 5.41) is 12.2. The first-order chi connectivity index (χ1) is 13.1. The quantitative estimate of drug-likeness (QED) is 0.484. The fourth-order valence-electron chi connectivity index (χ4n) is 2.55. The minimum Gasteiger partial charge on any atom is -0.508 e. The third kappa shape index (κ3) is 5.47. The van der Waals surface area contributed by atoms with Gasteiger partial charge in [-0.25, -0.2) is 0 Å². The van der Waals surface area contributed by atoms with E-state index in [0.29, 0.717) is 12.3 Å². The molecule has 0 spiro atoms. The Hall–Kier alpha value is -3.53. The van der Waals surface area contributed by atoms with Gasteiger partial charge in [-0.05, 0) is 60.0 Å². The fourth-order valence-corrected chi connectivity index (χ4v) is 2.55. The number of amides is 1. The van der Waals surface area contributed by atoms with Crippen molar-refractivity contribution >= 4 is 17.7 Å². The van der Waals surface area contributed by atoms with Gasteiger partial charge in [-0.2, -0.15) is 0 Å². The number of rotatable bonds is 6. The molecule has 136 valence electrons. The highest BCUT2D eigenvalue weighted by Gasteiger charge is 2.02. The molecule has 0 aliphatic heterocycles. The van der Waals surface area contributed by atoms with Crippen molar-refractivity contribution in [2.24, 2.45) is 0 Å². The Bertz CT molecular complexity index is 932. The molecule has 0 unspecified atom stereocenters. The number of nitrogens with one attached hydrogen (secondary N) is 1. The van der Waals surface area contributed by atoms with Crippen LogP contribution >= 0.6 is 0 Å². The van der Waals surface area contributed by atoms with E-state index in [0.717, 1.165) is 22.4 Å². The van der Waals surface area contributed by atoms with Gasteiger partial charge in [0, 0.05) is 11.8 Å². The lowest BCUT2D eigenvalue weighted by Gasteiger charge is -2.07. The Labute approximate surface area is 158 Å². The van der Waals surface area contributed by atoms with Crippen LogP contribution in [0.3, 0.4) is 0 Å². The summed E-state index contributed by atoms with van der Waals surface area (Å²) < 4.78 is 5.75. The minimum absolute atomic E-state index is 0.176. The summed E-state index contributed by atoms with van der Waals surface area (Å²) in [6.07, 6.45) is 3.22. The number of hydrogen-bond acceptors (Lipinski definition) is 3. The number of phenols is 1.